The fourth-order valence-corrected chi connectivity index (χ4v) is 24.6. The summed E-state index contributed by atoms with van der Waals surface area (Å²) < 4.78 is 87.2. The predicted molar refractivity (Wildman–Crippen MR) is 469 cm³/mol. The van der Waals surface area contributed by atoms with Crippen molar-refractivity contribution in [2.24, 2.45) is 59.2 Å². The number of aliphatic hydroxyl groups is 1. The minimum atomic E-state index is -0.827. The first-order valence-electron chi connectivity index (χ1n) is 46.4. The average Bonchev–Trinajstić information content (AvgIpc) is 1.70. The van der Waals surface area contributed by atoms with Crippen LogP contribution >= 0.6 is 11.6 Å². The van der Waals surface area contributed by atoms with E-state index in [0.29, 0.717) is 34.4 Å². The number of ether oxygens (including phenoxy) is 6. The lowest BCUT2D eigenvalue weighted by Crippen LogP contribution is -2.48. The molecular formula is C100H141ClF4N6O8. The molecule has 5 aromatic carbocycles. The maximum absolute atomic E-state index is 13.9. The summed E-state index contributed by atoms with van der Waals surface area (Å²) in [5, 5.41) is 14.8. The number of rotatable bonds is 21. The second kappa shape index (κ2) is 42.6. The van der Waals surface area contributed by atoms with Crippen LogP contribution in [-0.4, -0.2) is 181 Å². The highest BCUT2D eigenvalue weighted by atomic mass is 35.5. The quantitative estimate of drug-likeness (QED) is 0.0536. The van der Waals surface area contributed by atoms with Gasteiger partial charge in [0.25, 0.3) is 0 Å². The highest BCUT2D eigenvalue weighted by Crippen LogP contribution is 2.52. The lowest BCUT2D eigenvalue weighted by atomic mass is 9.80. The van der Waals surface area contributed by atoms with Crippen LogP contribution in [0.3, 0.4) is 0 Å². The Hall–Kier alpha value is -5.96. The molecule has 6 bridgehead atoms. The number of likely N-dealkylation sites (tertiary alicyclic amines) is 5. The molecular weight excluding hydrogens is 1520 g/mol. The van der Waals surface area contributed by atoms with Crippen LogP contribution in [0.25, 0.3) is 0 Å². The molecule has 0 radical (unpaired) electrons. The van der Waals surface area contributed by atoms with Crippen LogP contribution in [0.2, 0.25) is 5.02 Å². The number of methoxy groups -OCH3 is 5. The van der Waals surface area contributed by atoms with Crippen molar-refractivity contribution >= 4 is 23.2 Å². The second-order valence-corrected chi connectivity index (χ2v) is 38.5. The number of hydrogen-bond donors (Lipinski definition) is 2. The van der Waals surface area contributed by atoms with Crippen molar-refractivity contribution in [3.8, 4) is 28.7 Å². The molecule has 6 aliphatic heterocycles. The Balaban J connectivity index is 0.000000122. The zero-order chi connectivity index (χ0) is 83.1. The average molecular weight is 1670 g/mol. The molecule has 7 aliphatic carbocycles. The molecule has 0 aromatic heterocycles. The van der Waals surface area contributed by atoms with Crippen molar-refractivity contribution < 1.29 is 55.9 Å². The lowest BCUT2D eigenvalue weighted by Gasteiger charge is -2.44. The highest BCUT2D eigenvalue weighted by molar-refractivity contribution is 6.30. The van der Waals surface area contributed by atoms with E-state index in [9.17, 15) is 27.5 Å². The zero-order valence-corrected chi connectivity index (χ0v) is 73.6. The summed E-state index contributed by atoms with van der Waals surface area (Å²) in [4.78, 5) is 24.5. The third-order valence-electron chi connectivity index (χ3n) is 30.9. The van der Waals surface area contributed by atoms with Gasteiger partial charge in [0.15, 0.2) is 11.6 Å². The number of fused-ring (bicyclic) bond motifs is 6. The second-order valence-electron chi connectivity index (χ2n) is 38.1. The van der Waals surface area contributed by atoms with E-state index in [-0.39, 0.29) is 29.2 Å². The highest BCUT2D eigenvalue weighted by Gasteiger charge is 2.45. The molecule has 2 N–H and O–H groups in total. The van der Waals surface area contributed by atoms with Crippen LogP contribution in [-0.2, 0) is 15.1 Å². The summed E-state index contributed by atoms with van der Waals surface area (Å²) in [6, 6.07) is 25.2. The summed E-state index contributed by atoms with van der Waals surface area (Å²) in [6.45, 7) is 20.3. The summed E-state index contributed by atoms with van der Waals surface area (Å²) in [5.41, 5.74) is 4.93. The molecule has 9 atom stereocenters. The van der Waals surface area contributed by atoms with Gasteiger partial charge in [-0.15, -0.1) is 0 Å². The fraction of sp³-hybridized carbons (Fsp3) is 0.670. The Kier molecular flexibility index (Phi) is 32.0. The first kappa shape index (κ1) is 89.3. The van der Waals surface area contributed by atoms with Gasteiger partial charge in [-0.2, -0.15) is 0 Å². The van der Waals surface area contributed by atoms with E-state index >= 15 is 0 Å². The lowest BCUT2D eigenvalue weighted by molar-refractivity contribution is -0.114. The minimum absolute atomic E-state index is 0.0261. The van der Waals surface area contributed by atoms with E-state index in [0.717, 1.165) is 234 Å². The molecule has 5 aromatic rings. The van der Waals surface area contributed by atoms with Gasteiger partial charge in [0.2, 0.25) is 5.91 Å². The van der Waals surface area contributed by atoms with E-state index in [4.69, 9.17) is 40.0 Å². The molecule has 18 rings (SSSR count). The maximum Gasteiger partial charge on any atom is 0.221 e. The molecule has 6 heterocycles. The van der Waals surface area contributed by atoms with Crippen LogP contribution < -0.4 is 29.0 Å². The van der Waals surface area contributed by atoms with Crippen LogP contribution in [0.4, 0.5) is 23.2 Å². The van der Waals surface area contributed by atoms with Crippen molar-refractivity contribution in [1.29, 1.82) is 0 Å². The Labute approximate surface area is 714 Å². The third-order valence-corrected chi connectivity index (χ3v) is 31.1. The summed E-state index contributed by atoms with van der Waals surface area (Å²) in [7, 11) is 8.19. The Bertz CT molecular complexity index is 4060. The van der Waals surface area contributed by atoms with E-state index in [1.165, 1.54) is 192 Å². The summed E-state index contributed by atoms with van der Waals surface area (Å²) >= 11 is 6.17. The number of anilines is 1. The van der Waals surface area contributed by atoms with Gasteiger partial charge in [0.1, 0.15) is 40.4 Å². The maximum atomic E-state index is 13.9. The Morgan fingerprint density at radius 1 is 0.487 bits per heavy atom. The number of amides is 1. The molecule has 6 saturated carbocycles. The van der Waals surface area contributed by atoms with E-state index in [1.54, 1.807) is 59.6 Å². The number of carbonyl (C=O) groups is 1. The number of benzene rings is 5. The molecule has 19 heteroatoms. The van der Waals surface area contributed by atoms with E-state index in [1.807, 2.05) is 30.3 Å². The largest absolute Gasteiger partial charge is 0.496 e. The van der Waals surface area contributed by atoms with Gasteiger partial charge in [-0.25, -0.2) is 17.6 Å². The van der Waals surface area contributed by atoms with Gasteiger partial charge in [-0.05, 0) is 374 Å². The van der Waals surface area contributed by atoms with E-state index < -0.39 is 17.2 Å². The number of nitrogens with zero attached hydrogens (tertiary/aromatic N) is 5. The predicted octanol–water partition coefficient (Wildman–Crippen LogP) is 21.3. The van der Waals surface area contributed by atoms with Gasteiger partial charge in [0.05, 0.1) is 41.2 Å². The van der Waals surface area contributed by atoms with Gasteiger partial charge in [-0.1, -0.05) is 56.4 Å². The first-order chi connectivity index (χ1) is 57.8. The van der Waals surface area contributed by atoms with Crippen molar-refractivity contribution in [2.75, 3.05) is 139 Å². The molecule has 13 aliphatic rings. The molecule has 654 valence electrons. The summed E-state index contributed by atoms with van der Waals surface area (Å²) in [6.07, 6.45) is 39.9. The van der Waals surface area contributed by atoms with Crippen molar-refractivity contribution in [2.45, 2.75) is 235 Å². The number of halogens is 5. The molecule has 6 unspecified atom stereocenters. The summed E-state index contributed by atoms with van der Waals surface area (Å²) in [5.74, 6) is 12.9. The van der Waals surface area contributed by atoms with Gasteiger partial charge >= 0.3 is 0 Å². The number of hydrogen-bond acceptors (Lipinski definition) is 13. The third kappa shape index (κ3) is 23.2. The SMILES string of the molecule is CCCC1CCC(N2CCC(O)(c3cc(Cl)ccc3OC)CC2)CC1.COc1c(F)cc(F)cc1C1CCN([C@H]2C[C@H]3CCC2C3)CC1.COc1ccc(F)cc1C1CCN(CC2CCOCC2)CC1.COc1ccc(F)cc1C1CCN(C[C@@H]2CC3C=CC2C3)CC1.COc1ccc(NC(C)=O)cc1C1CCN(CC2CC3CCC2C3)CC1. The van der Waals surface area contributed by atoms with Crippen molar-refractivity contribution in [1.82, 2.24) is 24.5 Å². The van der Waals surface area contributed by atoms with Crippen LogP contribution in [0.5, 0.6) is 28.7 Å². The molecule has 14 nitrogen and oxygen atoms in total. The Morgan fingerprint density at radius 3 is 1.51 bits per heavy atom. The van der Waals surface area contributed by atoms with Gasteiger partial charge in [-0.3, -0.25) is 4.79 Å². The topological polar surface area (TPSA) is 121 Å². The van der Waals surface area contributed by atoms with E-state index in [2.05, 4.69) is 55.0 Å². The minimum Gasteiger partial charge on any atom is -0.496 e. The Morgan fingerprint density at radius 2 is 1.01 bits per heavy atom. The smallest absolute Gasteiger partial charge is 0.221 e. The van der Waals surface area contributed by atoms with Crippen LogP contribution in [0.1, 0.15) is 245 Å². The first-order valence-corrected chi connectivity index (χ1v) is 46.8. The van der Waals surface area contributed by atoms with Crippen molar-refractivity contribution in [3.05, 3.63) is 153 Å². The molecule has 0 spiro atoms. The van der Waals surface area contributed by atoms with Gasteiger partial charge in [0, 0.05) is 104 Å². The number of piperidine rings is 5. The van der Waals surface area contributed by atoms with Crippen LogP contribution in [0, 0.1) is 82.4 Å². The zero-order valence-electron chi connectivity index (χ0n) is 72.8. The van der Waals surface area contributed by atoms with Crippen LogP contribution in [0.15, 0.2) is 97.1 Å². The fourth-order valence-electron chi connectivity index (χ4n) is 24.4. The molecule has 6 saturated heterocycles. The molecule has 12 fully saturated rings. The number of nitrogens with one attached hydrogen (secondary N) is 1. The molecule has 119 heavy (non-hydrogen) atoms. The standard InChI is InChI=1S/C22H32N2O2.C21H32ClNO2.C20H26FNO.C19H25F2NO.C18H26FNO2/c1-15(25)23-20-5-6-22(26-2)21(13-20)17-7-9-24(10-8-17)14-19-12-16-3-4-18(19)11-16;1-3-4-16-5-8-18(9-6-16)23-13-11-21(24,12-14-23)19-15-17(22)7-10-20(19)25-2;1-23-20-5-4-18(21)12-19(20)15-6-8-22(9-7-15)13-17-11-14-2-3-16(17)10-14;1-23-19-16(10-15(20)11-17(19)21)13-4-6-22(7-5-13)18-9-12-2-3-14(18)8-12;1-21-18-3-2-16(19)12-17(18)15-4-8-20(9-5-15)13-14-6-10-22-11-7-14/h5-6,13,16-19H,3-4,7-12,14H2,1-2H3,(H,23,25);7,10,15-16,18,24H,3-6,8-9,11-14H2,1-2H3;2-5,12,14-17H,6-11,13H2,1H3;10-14,18H,2-9H2,1H3;2-3,12,14-15H,4-11,13H2,1H3/t;;14?,16?,17-;12-,14?,18-;/m..00./s1. The number of allylic oxidation sites excluding steroid dienone is 2. The van der Waals surface area contributed by atoms with Gasteiger partial charge < -0.3 is 63.3 Å². The molecule has 1 amide bonds. The monoisotopic (exact) mass is 1670 g/mol. The normalized spacial score (nSPS) is 28.2. The van der Waals surface area contributed by atoms with Crippen molar-refractivity contribution in [3.63, 3.8) is 0 Å². The number of carbonyl (C=O) groups excluding carboxylic acids is 1.